The Morgan fingerprint density at radius 1 is 0.293 bits per heavy atom. The van der Waals surface area contributed by atoms with E-state index in [9.17, 15) is 43.2 Å². The SMILES string of the molecule is CCCCCCCCCCCCCCCCCCCCCC(=O)O[C@H](COC(=O)CCCCCCCCCCCCCCCC)COP(=O)(O)OC[C@@H](O)COP(=O)(O)OC[C@@H](COC(=O)CCCCCCCCC)OC(=O)CCCCCCCCCCCC(C)C. The van der Waals surface area contributed by atoms with Crippen molar-refractivity contribution in [3.63, 3.8) is 0 Å². The molecule has 19 heteroatoms. The van der Waals surface area contributed by atoms with Gasteiger partial charge in [0.1, 0.15) is 19.3 Å². The molecule has 0 amide bonds. The third-order valence-corrected chi connectivity index (χ3v) is 18.9. The number of carbonyl (C=O) groups excluding carboxylic acids is 4. The third-order valence-electron chi connectivity index (χ3n) is 17.0. The van der Waals surface area contributed by atoms with Crippen LogP contribution in [0.2, 0.25) is 0 Å². The van der Waals surface area contributed by atoms with E-state index in [4.69, 9.17) is 37.0 Å². The van der Waals surface area contributed by atoms with Gasteiger partial charge in [0.15, 0.2) is 12.2 Å². The number of unbranched alkanes of at least 4 members (excludes halogenated alkanes) is 45. The van der Waals surface area contributed by atoms with Crippen molar-refractivity contribution in [1.29, 1.82) is 0 Å². The molecule has 5 atom stereocenters. The molecule has 92 heavy (non-hydrogen) atoms. The fraction of sp³-hybridized carbons (Fsp3) is 0.945. The molecule has 0 spiro atoms. The van der Waals surface area contributed by atoms with Crippen molar-refractivity contribution >= 4 is 39.5 Å². The van der Waals surface area contributed by atoms with Crippen LogP contribution in [0.4, 0.5) is 0 Å². The average Bonchev–Trinajstić information content (AvgIpc) is 2.21. The van der Waals surface area contributed by atoms with Gasteiger partial charge >= 0.3 is 39.5 Å². The minimum Gasteiger partial charge on any atom is -0.462 e. The van der Waals surface area contributed by atoms with Gasteiger partial charge in [0.05, 0.1) is 26.4 Å². The number of carbonyl (C=O) groups is 4. The lowest BCUT2D eigenvalue weighted by molar-refractivity contribution is -0.161. The highest BCUT2D eigenvalue weighted by Gasteiger charge is 2.30. The minimum absolute atomic E-state index is 0.105. The molecule has 2 unspecified atom stereocenters. The number of aliphatic hydroxyl groups is 1. The molecule has 17 nitrogen and oxygen atoms in total. The van der Waals surface area contributed by atoms with Gasteiger partial charge < -0.3 is 33.8 Å². The zero-order valence-electron chi connectivity index (χ0n) is 59.7. The van der Waals surface area contributed by atoms with E-state index >= 15 is 0 Å². The molecule has 0 aromatic rings. The maximum absolute atomic E-state index is 13.1. The number of ether oxygens (including phenoxy) is 4. The second-order valence-corrected chi connectivity index (χ2v) is 29.7. The summed E-state index contributed by atoms with van der Waals surface area (Å²) in [5.74, 6) is -1.39. The molecule has 0 heterocycles. The van der Waals surface area contributed by atoms with Gasteiger partial charge in [0, 0.05) is 25.7 Å². The first-order chi connectivity index (χ1) is 44.5. The summed E-state index contributed by atoms with van der Waals surface area (Å²) in [6.45, 7) is 7.21. The lowest BCUT2D eigenvalue weighted by Gasteiger charge is -2.21. The lowest BCUT2D eigenvalue weighted by Crippen LogP contribution is -2.30. The average molecular weight is 1350 g/mol. The Bertz CT molecular complexity index is 1770. The summed E-state index contributed by atoms with van der Waals surface area (Å²) >= 11 is 0. The summed E-state index contributed by atoms with van der Waals surface area (Å²) in [5, 5.41) is 10.6. The zero-order chi connectivity index (χ0) is 67.7. The first kappa shape index (κ1) is 90.1. The Labute approximate surface area is 562 Å². The van der Waals surface area contributed by atoms with Crippen molar-refractivity contribution in [3.05, 3.63) is 0 Å². The molecule has 0 bridgehead atoms. The molecule has 0 aromatic heterocycles. The van der Waals surface area contributed by atoms with Crippen molar-refractivity contribution in [2.24, 2.45) is 5.92 Å². The molecule has 0 saturated carbocycles. The van der Waals surface area contributed by atoms with Crippen molar-refractivity contribution in [3.8, 4) is 0 Å². The fourth-order valence-corrected chi connectivity index (χ4v) is 12.8. The quantitative estimate of drug-likeness (QED) is 0.0222. The van der Waals surface area contributed by atoms with E-state index in [2.05, 4.69) is 34.6 Å². The highest BCUT2D eigenvalue weighted by Crippen LogP contribution is 2.45. The van der Waals surface area contributed by atoms with Gasteiger partial charge in [-0.15, -0.1) is 0 Å². The summed E-state index contributed by atoms with van der Waals surface area (Å²) in [7, 11) is -9.90. The standard InChI is InChI=1S/C73H142O17P2/c1-6-9-12-15-18-20-22-24-26-27-28-29-30-32-34-38-43-48-53-58-72(77)90-69(63-84-71(76)57-52-47-42-37-33-31-25-23-21-19-16-13-10-7-2)65-88-92(81,82)86-61-67(74)60-85-91(79,80)87-64-68(62-83-70(75)56-51-46-40-17-14-11-8-3)89-73(78)59-54-49-44-39-35-36-41-45-50-55-66(4)5/h66-69,74H,6-65H2,1-5H3,(H,79,80)(H,81,82)/t67-,68+,69+/m0/s1. The Kier molecular flexibility index (Phi) is 64.9. The Balaban J connectivity index is 5.18. The van der Waals surface area contributed by atoms with Crippen LogP contribution in [0.1, 0.15) is 381 Å². The van der Waals surface area contributed by atoms with Gasteiger partial charge in [-0.3, -0.25) is 37.3 Å². The Morgan fingerprint density at radius 3 is 0.739 bits per heavy atom. The summed E-state index contributed by atoms with van der Waals surface area (Å²) in [5.41, 5.74) is 0. The molecule has 0 fully saturated rings. The summed E-state index contributed by atoms with van der Waals surface area (Å²) < 4.78 is 68.3. The smallest absolute Gasteiger partial charge is 0.462 e. The number of hydrogen-bond donors (Lipinski definition) is 3. The minimum atomic E-state index is -4.95. The van der Waals surface area contributed by atoms with Crippen molar-refractivity contribution in [2.45, 2.75) is 400 Å². The normalized spacial score (nSPS) is 14.0. The van der Waals surface area contributed by atoms with Crippen LogP contribution in [0, 0.1) is 5.92 Å². The first-order valence-electron chi connectivity index (χ1n) is 38.1. The van der Waals surface area contributed by atoms with Crippen LogP contribution >= 0.6 is 15.6 Å². The molecule has 3 N–H and O–H groups in total. The fourth-order valence-electron chi connectivity index (χ4n) is 11.2. The van der Waals surface area contributed by atoms with E-state index in [-0.39, 0.29) is 25.7 Å². The van der Waals surface area contributed by atoms with Gasteiger partial charge in [-0.25, -0.2) is 9.13 Å². The van der Waals surface area contributed by atoms with Crippen LogP contribution in [0.5, 0.6) is 0 Å². The van der Waals surface area contributed by atoms with Gasteiger partial charge in [-0.05, 0) is 31.6 Å². The molecular weight excluding hydrogens is 1210 g/mol. The van der Waals surface area contributed by atoms with Crippen molar-refractivity contribution in [2.75, 3.05) is 39.6 Å². The molecule has 0 radical (unpaired) electrons. The predicted octanol–water partition coefficient (Wildman–Crippen LogP) is 21.3. The van der Waals surface area contributed by atoms with Crippen LogP contribution in [0.3, 0.4) is 0 Å². The second-order valence-electron chi connectivity index (χ2n) is 26.8. The van der Waals surface area contributed by atoms with Crippen molar-refractivity contribution in [1.82, 2.24) is 0 Å². The van der Waals surface area contributed by atoms with E-state index in [0.29, 0.717) is 25.7 Å². The Hall–Kier alpha value is -1.94. The van der Waals surface area contributed by atoms with Gasteiger partial charge in [0.25, 0.3) is 0 Å². The maximum Gasteiger partial charge on any atom is 0.472 e. The summed E-state index contributed by atoms with van der Waals surface area (Å²) in [4.78, 5) is 72.5. The van der Waals surface area contributed by atoms with E-state index in [1.165, 1.54) is 193 Å². The number of phosphoric ester groups is 2. The Morgan fingerprint density at radius 2 is 0.500 bits per heavy atom. The van der Waals surface area contributed by atoms with Gasteiger partial charge in [-0.2, -0.15) is 0 Å². The van der Waals surface area contributed by atoms with Gasteiger partial charge in [-0.1, -0.05) is 330 Å². The maximum atomic E-state index is 13.1. The molecule has 0 saturated heterocycles. The topological polar surface area (TPSA) is 237 Å². The van der Waals surface area contributed by atoms with Crippen LogP contribution in [0.15, 0.2) is 0 Å². The molecule has 0 aliphatic heterocycles. The number of hydrogen-bond acceptors (Lipinski definition) is 15. The van der Waals surface area contributed by atoms with Crippen LogP contribution < -0.4 is 0 Å². The van der Waals surface area contributed by atoms with Gasteiger partial charge in [0.2, 0.25) is 0 Å². The van der Waals surface area contributed by atoms with Crippen molar-refractivity contribution < 1.29 is 80.2 Å². The number of rotatable bonds is 73. The number of esters is 4. The molecule has 546 valence electrons. The molecular formula is C73H142O17P2. The highest BCUT2D eigenvalue weighted by atomic mass is 31.2. The monoisotopic (exact) mass is 1350 g/mol. The molecule has 0 aliphatic rings. The third kappa shape index (κ3) is 66.7. The zero-order valence-corrected chi connectivity index (χ0v) is 61.5. The summed E-state index contributed by atoms with van der Waals surface area (Å²) in [6.07, 6.45) is 54.3. The number of aliphatic hydroxyl groups excluding tert-OH is 1. The largest absolute Gasteiger partial charge is 0.472 e. The summed E-state index contributed by atoms with van der Waals surface area (Å²) in [6, 6.07) is 0. The second kappa shape index (κ2) is 66.3. The molecule has 0 aromatic carbocycles. The lowest BCUT2D eigenvalue weighted by atomic mass is 10.0. The van der Waals surface area contributed by atoms with Crippen LogP contribution in [-0.2, 0) is 65.4 Å². The molecule has 0 rings (SSSR count). The predicted molar refractivity (Wildman–Crippen MR) is 372 cm³/mol. The molecule has 0 aliphatic carbocycles. The van der Waals surface area contributed by atoms with Crippen LogP contribution in [-0.4, -0.2) is 96.7 Å². The van der Waals surface area contributed by atoms with E-state index in [1.54, 1.807) is 0 Å². The van der Waals surface area contributed by atoms with E-state index in [1.807, 2.05) is 0 Å². The van der Waals surface area contributed by atoms with E-state index < -0.39 is 97.5 Å². The highest BCUT2D eigenvalue weighted by molar-refractivity contribution is 7.47. The first-order valence-corrected chi connectivity index (χ1v) is 41.1. The van der Waals surface area contributed by atoms with Crippen LogP contribution in [0.25, 0.3) is 0 Å². The number of phosphoric acid groups is 2. The van der Waals surface area contributed by atoms with E-state index in [0.717, 1.165) is 109 Å².